The molecule has 0 saturated heterocycles. The second-order valence-corrected chi connectivity index (χ2v) is 4.48. The van der Waals surface area contributed by atoms with E-state index in [2.05, 4.69) is 16.0 Å². The summed E-state index contributed by atoms with van der Waals surface area (Å²) in [7, 11) is 0. The Kier molecular flexibility index (Phi) is 3.01. The van der Waals surface area contributed by atoms with Gasteiger partial charge in [-0.25, -0.2) is 9.37 Å². The Labute approximate surface area is 110 Å². The van der Waals surface area contributed by atoms with E-state index in [9.17, 15) is 4.39 Å². The monoisotopic (exact) mass is 255 g/mol. The smallest absolute Gasteiger partial charge is 0.138 e. The van der Waals surface area contributed by atoms with Crippen LogP contribution in [0.25, 0.3) is 22.4 Å². The van der Waals surface area contributed by atoms with Gasteiger partial charge in [0.05, 0.1) is 11.0 Å². The average molecular weight is 255 g/mol. The summed E-state index contributed by atoms with van der Waals surface area (Å²) in [5.74, 6) is 0.505. The van der Waals surface area contributed by atoms with Crippen LogP contribution in [0.1, 0.15) is 5.56 Å². The number of H-pyrrole nitrogens is 1. The summed E-state index contributed by atoms with van der Waals surface area (Å²) in [5.41, 5.74) is 9.49. The summed E-state index contributed by atoms with van der Waals surface area (Å²) >= 11 is 0. The Morgan fingerprint density at radius 3 is 2.63 bits per heavy atom. The van der Waals surface area contributed by atoms with Crippen molar-refractivity contribution < 1.29 is 4.39 Å². The molecule has 96 valence electrons. The fourth-order valence-corrected chi connectivity index (χ4v) is 2.12. The third-order valence-corrected chi connectivity index (χ3v) is 3.10. The molecule has 3 aromatic rings. The first-order valence-corrected chi connectivity index (χ1v) is 6.21. The van der Waals surface area contributed by atoms with Gasteiger partial charge >= 0.3 is 0 Å². The zero-order chi connectivity index (χ0) is 13.2. The Bertz CT molecular complexity index is 701. The van der Waals surface area contributed by atoms with Gasteiger partial charge in [0.2, 0.25) is 0 Å². The highest BCUT2D eigenvalue weighted by atomic mass is 19.1. The van der Waals surface area contributed by atoms with E-state index in [1.807, 2.05) is 12.1 Å². The van der Waals surface area contributed by atoms with Crippen LogP contribution in [-0.4, -0.2) is 16.5 Å². The molecule has 0 aliphatic carbocycles. The van der Waals surface area contributed by atoms with Crippen molar-refractivity contribution in [2.45, 2.75) is 6.42 Å². The molecular formula is C15H14FN3. The van der Waals surface area contributed by atoms with Gasteiger partial charge in [-0.3, -0.25) is 0 Å². The van der Waals surface area contributed by atoms with E-state index in [-0.39, 0.29) is 5.82 Å². The van der Waals surface area contributed by atoms with Crippen LogP contribution in [0.2, 0.25) is 0 Å². The topological polar surface area (TPSA) is 54.7 Å². The van der Waals surface area contributed by atoms with E-state index in [4.69, 9.17) is 5.73 Å². The third kappa shape index (κ3) is 2.35. The van der Waals surface area contributed by atoms with Gasteiger partial charge in [0.1, 0.15) is 11.6 Å². The zero-order valence-electron chi connectivity index (χ0n) is 10.4. The molecule has 1 aromatic heterocycles. The molecule has 19 heavy (non-hydrogen) atoms. The Hall–Kier alpha value is -2.20. The summed E-state index contributed by atoms with van der Waals surface area (Å²) in [5, 5.41) is 0. The molecule has 3 N–H and O–H groups in total. The van der Waals surface area contributed by atoms with Crippen molar-refractivity contribution in [3.8, 4) is 11.4 Å². The predicted octanol–water partition coefficient (Wildman–Crippen LogP) is 2.87. The molecule has 0 saturated carbocycles. The van der Waals surface area contributed by atoms with Gasteiger partial charge in [0.15, 0.2) is 0 Å². The van der Waals surface area contributed by atoms with Crippen molar-refractivity contribution >= 4 is 11.0 Å². The highest BCUT2D eigenvalue weighted by molar-refractivity contribution is 5.80. The minimum atomic E-state index is -0.245. The number of nitrogens with zero attached hydrogens (tertiary/aromatic N) is 1. The number of benzene rings is 2. The quantitative estimate of drug-likeness (QED) is 0.756. The third-order valence-electron chi connectivity index (χ3n) is 3.10. The molecule has 0 bridgehead atoms. The summed E-state index contributed by atoms with van der Waals surface area (Å²) in [6, 6.07) is 12.4. The SMILES string of the molecule is NCCc1ccc2nc(-c3ccc(F)cc3)[nH]c2c1. The van der Waals surface area contributed by atoms with E-state index in [0.29, 0.717) is 6.54 Å². The van der Waals surface area contributed by atoms with E-state index < -0.39 is 0 Å². The lowest BCUT2D eigenvalue weighted by Gasteiger charge is -1.97. The summed E-state index contributed by atoms with van der Waals surface area (Å²) in [6.45, 7) is 0.629. The number of aromatic nitrogens is 2. The van der Waals surface area contributed by atoms with Crippen molar-refractivity contribution in [1.29, 1.82) is 0 Å². The molecule has 0 atom stereocenters. The molecule has 0 amide bonds. The number of hydrogen-bond acceptors (Lipinski definition) is 2. The maximum Gasteiger partial charge on any atom is 0.138 e. The lowest BCUT2D eigenvalue weighted by molar-refractivity contribution is 0.628. The molecule has 0 fully saturated rings. The van der Waals surface area contributed by atoms with Crippen LogP contribution in [0.3, 0.4) is 0 Å². The van der Waals surface area contributed by atoms with Gasteiger partial charge in [-0.1, -0.05) is 6.07 Å². The van der Waals surface area contributed by atoms with Crippen molar-refractivity contribution in [2.75, 3.05) is 6.54 Å². The number of hydrogen-bond donors (Lipinski definition) is 2. The number of aromatic amines is 1. The van der Waals surface area contributed by atoms with Gasteiger partial charge < -0.3 is 10.7 Å². The van der Waals surface area contributed by atoms with Crippen LogP contribution >= 0.6 is 0 Å². The highest BCUT2D eigenvalue weighted by Gasteiger charge is 2.06. The van der Waals surface area contributed by atoms with E-state index in [0.717, 1.165) is 28.8 Å². The summed E-state index contributed by atoms with van der Waals surface area (Å²) < 4.78 is 12.9. The number of rotatable bonds is 3. The molecule has 0 aliphatic rings. The van der Waals surface area contributed by atoms with Gasteiger partial charge in [-0.05, 0) is 54.9 Å². The molecule has 4 heteroatoms. The van der Waals surface area contributed by atoms with Crippen LogP contribution in [0.5, 0.6) is 0 Å². The first kappa shape index (κ1) is 11.9. The lowest BCUT2D eigenvalue weighted by Crippen LogP contribution is -2.02. The molecular weight excluding hydrogens is 241 g/mol. The lowest BCUT2D eigenvalue weighted by atomic mass is 10.1. The molecule has 1 heterocycles. The van der Waals surface area contributed by atoms with Gasteiger partial charge in [-0.15, -0.1) is 0 Å². The Morgan fingerprint density at radius 2 is 1.89 bits per heavy atom. The minimum Gasteiger partial charge on any atom is -0.338 e. The molecule has 0 radical (unpaired) electrons. The molecule has 0 aliphatic heterocycles. The van der Waals surface area contributed by atoms with Crippen molar-refractivity contribution in [3.63, 3.8) is 0 Å². The summed E-state index contributed by atoms with van der Waals surface area (Å²) in [6.07, 6.45) is 0.848. The van der Waals surface area contributed by atoms with Crippen molar-refractivity contribution in [1.82, 2.24) is 9.97 Å². The first-order chi connectivity index (χ1) is 9.26. The first-order valence-electron chi connectivity index (χ1n) is 6.21. The van der Waals surface area contributed by atoms with Crippen molar-refractivity contribution in [2.24, 2.45) is 5.73 Å². The normalized spacial score (nSPS) is 11.1. The van der Waals surface area contributed by atoms with Crippen LogP contribution in [0.15, 0.2) is 42.5 Å². The largest absolute Gasteiger partial charge is 0.338 e. The van der Waals surface area contributed by atoms with E-state index in [1.165, 1.54) is 17.7 Å². The maximum atomic E-state index is 12.9. The molecule has 3 nitrogen and oxygen atoms in total. The van der Waals surface area contributed by atoms with Gasteiger partial charge in [-0.2, -0.15) is 0 Å². The van der Waals surface area contributed by atoms with Crippen LogP contribution in [0.4, 0.5) is 4.39 Å². The second kappa shape index (κ2) is 4.82. The molecule has 0 spiro atoms. The highest BCUT2D eigenvalue weighted by Crippen LogP contribution is 2.21. The zero-order valence-corrected chi connectivity index (χ0v) is 10.4. The fourth-order valence-electron chi connectivity index (χ4n) is 2.12. The van der Waals surface area contributed by atoms with Gasteiger partial charge in [0.25, 0.3) is 0 Å². The number of nitrogens with one attached hydrogen (secondary N) is 1. The van der Waals surface area contributed by atoms with Gasteiger partial charge in [0, 0.05) is 5.56 Å². The summed E-state index contributed by atoms with van der Waals surface area (Å²) in [4.78, 5) is 7.76. The van der Waals surface area contributed by atoms with Crippen LogP contribution < -0.4 is 5.73 Å². The molecule has 3 rings (SSSR count). The molecule has 2 aromatic carbocycles. The number of fused-ring (bicyclic) bond motifs is 1. The van der Waals surface area contributed by atoms with E-state index in [1.54, 1.807) is 12.1 Å². The predicted molar refractivity (Wildman–Crippen MR) is 74.2 cm³/mol. The Morgan fingerprint density at radius 1 is 1.11 bits per heavy atom. The average Bonchev–Trinajstić information content (AvgIpc) is 2.83. The fraction of sp³-hybridized carbons (Fsp3) is 0.133. The molecule has 0 unspecified atom stereocenters. The minimum absolute atomic E-state index is 0.245. The number of nitrogens with two attached hydrogens (primary N) is 1. The van der Waals surface area contributed by atoms with Crippen molar-refractivity contribution in [3.05, 3.63) is 53.8 Å². The van der Waals surface area contributed by atoms with E-state index >= 15 is 0 Å². The number of imidazole rings is 1. The second-order valence-electron chi connectivity index (χ2n) is 4.48. The number of halogens is 1. The standard InChI is InChI=1S/C15H14FN3/c16-12-4-2-11(3-5-12)15-18-13-6-1-10(7-8-17)9-14(13)19-15/h1-6,9H,7-8,17H2,(H,18,19). The maximum absolute atomic E-state index is 12.9. The van der Waals surface area contributed by atoms with Crippen LogP contribution in [-0.2, 0) is 6.42 Å². The Balaban J connectivity index is 2.03. The van der Waals surface area contributed by atoms with Crippen LogP contribution in [0, 0.1) is 5.82 Å².